The predicted molar refractivity (Wildman–Crippen MR) is 97.2 cm³/mol. The van der Waals surface area contributed by atoms with Crippen LogP contribution in [0.15, 0.2) is 24.3 Å². The SMILES string of the molecule is COc1ccc([C@](C)(O)[C@@H]2CCCN2S(=O)(=O)CCOC(C)C)cc1. The minimum atomic E-state index is -3.49. The van der Waals surface area contributed by atoms with Gasteiger partial charge in [-0.1, -0.05) is 12.1 Å². The topological polar surface area (TPSA) is 76.1 Å². The summed E-state index contributed by atoms with van der Waals surface area (Å²) in [5.41, 5.74) is -0.590. The summed E-state index contributed by atoms with van der Waals surface area (Å²) in [6.07, 6.45) is 1.36. The third kappa shape index (κ3) is 4.73. The second kappa shape index (κ2) is 8.03. The van der Waals surface area contributed by atoms with Crippen molar-refractivity contribution in [1.29, 1.82) is 0 Å². The Kier molecular flexibility index (Phi) is 6.48. The fourth-order valence-corrected chi connectivity index (χ4v) is 4.91. The first-order chi connectivity index (χ1) is 11.7. The van der Waals surface area contributed by atoms with Gasteiger partial charge >= 0.3 is 0 Å². The molecule has 1 aliphatic rings. The summed E-state index contributed by atoms with van der Waals surface area (Å²) < 4.78 is 37.4. The van der Waals surface area contributed by atoms with Crippen molar-refractivity contribution >= 4 is 10.0 Å². The van der Waals surface area contributed by atoms with Gasteiger partial charge in [0, 0.05) is 6.54 Å². The Labute approximate surface area is 150 Å². The van der Waals surface area contributed by atoms with Crippen LogP contribution in [0.5, 0.6) is 5.75 Å². The molecule has 0 radical (unpaired) electrons. The maximum Gasteiger partial charge on any atom is 0.216 e. The van der Waals surface area contributed by atoms with Crippen molar-refractivity contribution in [2.75, 3.05) is 26.0 Å². The van der Waals surface area contributed by atoms with Crippen LogP contribution in [0.4, 0.5) is 0 Å². The van der Waals surface area contributed by atoms with Crippen LogP contribution in [0.3, 0.4) is 0 Å². The van der Waals surface area contributed by atoms with Gasteiger partial charge in [-0.2, -0.15) is 4.31 Å². The van der Waals surface area contributed by atoms with Crippen molar-refractivity contribution in [3.63, 3.8) is 0 Å². The summed E-state index contributed by atoms with van der Waals surface area (Å²) in [7, 11) is -1.90. The van der Waals surface area contributed by atoms with E-state index in [4.69, 9.17) is 9.47 Å². The molecule has 25 heavy (non-hydrogen) atoms. The van der Waals surface area contributed by atoms with Gasteiger partial charge in [-0.25, -0.2) is 8.42 Å². The van der Waals surface area contributed by atoms with E-state index < -0.39 is 21.7 Å². The van der Waals surface area contributed by atoms with Crippen LogP contribution in [-0.2, 0) is 20.4 Å². The summed E-state index contributed by atoms with van der Waals surface area (Å²) >= 11 is 0. The summed E-state index contributed by atoms with van der Waals surface area (Å²) in [6, 6.07) is 6.63. The first-order valence-electron chi connectivity index (χ1n) is 8.66. The highest BCUT2D eigenvalue weighted by atomic mass is 32.2. The molecule has 1 aromatic rings. The molecule has 7 heteroatoms. The van der Waals surface area contributed by atoms with E-state index in [9.17, 15) is 13.5 Å². The van der Waals surface area contributed by atoms with Crippen LogP contribution < -0.4 is 4.74 Å². The normalized spacial score (nSPS) is 21.4. The summed E-state index contributed by atoms with van der Waals surface area (Å²) in [5.74, 6) is 0.627. The average Bonchev–Trinajstić information content (AvgIpc) is 3.06. The van der Waals surface area contributed by atoms with Crippen LogP contribution in [0.2, 0.25) is 0 Å². The van der Waals surface area contributed by atoms with Crippen LogP contribution in [0.1, 0.15) is 39.2 Å². The monoisotopic (exact) mass is 371 g/mol. The number of ether oxygens (including phenoxy) is 2. The maximum absolute atomic E-state index is 12.7. The zero-order valence-electron chi connectivity index (χ0n) is 15.4. The van der Waals surface area contributed by atoms with Gasteiger partial charge in [0.2, 0.25) is 10.0 Å². The number of rotatable bonds is 8. The molecule has 0 bridgehead atoms. The fourth-order valence-electron chi connectivity index (χ4n) is 3.26. The van der Waals surface area contributed by atoms with Gasteiger partial charge in [0.1, 0.15) is 11.4 Å². The Balaban J connectivity index is 2.18. The zero-order valence-corrected chi connectivity index (χ0v) is 16.3. The van der Waals surface area contributed by atoms with Crippen molar-refractivity contribution in [2.24, 2.45) is 0 Å². The third-order valence-electron chi connectivity index (χ3n) is 4.68. The molecule has 6 nitrogen and oxygen atoms in total. The minimum Gasteiger partial charge on any atom is -0.497 e. The number of benzene rings is 1. The molecule has 0 unspecified atom stereocenters. The second-order valence-corrected chi connectivity index (χ2v) is 8.92. The molecule has 2 rings (SSSR count). The van der Waals surface area contributed by atoms with E-state index in [2.05, 4.69) is 0 Å². The number of hydrogen-bond donors (Lipinski definition) is 1. The van der Waals surface area contributed by atoms with Crippen LogP contribution in [-0.4, -0.2) is 56.0 Å². The lowest BCUT2D eigenvalue weighted by atomic mass is 9.87. The molecule has 1 fully saturated rings. The number of nitrogens with zero attached hydrogens (tertiary/aromatic N) is 1. The van der Waals surface area contributed by atoms with Crippen LogP contribution in [0, 0.1) is 0 Å². The molecule has 0 aromatic heterocycles. The largest absolute Gasteiger partial charge is 0.497 e. The van der Waals surface area contributed by atoms with Crippen molar-refractivity contribution in [3.05, 3.63) is 29.8 Å². The van der Waals surface area contributed by atoms with Crippen molar-refractivity contribution < 1.29 is 23.0 Å². The number of hydrogen-bond acceptors (Lipinski definition) is 5. The molecule has 2 atom stereocenters. The van der Waals surface area contributed by atoms with Gasteiger partial charge in [0.15, 0.2) is 0 Å². The van der Waals surface area contributed by atoms with Crippen LogP contribution >= 0.6 is 0 Å². The fraction of sp³-hybridized carbons (Fsp3) is 0.667. The lowest BCUT2D eigenvalue weighted by molar-refractivity contribution is -0.000986. The van der Waals surface area contributed by atoms with E-state index in [1.165, 1.54) is 4.31 Å². The number of aliphatic hydroxyl groups is 1. The molecular formula is C18H29NO5S. The Morgan fingerprint density at radius 3 is 2.52 bits per heavy atom. The van der Waals surface area contributed by atoms with E-state index in [1.807, 2.05) is 13.8 Å². The number of methoxy groups -OCH3 is 1. The highest BCUT2D eigenvalue weighted by Gasteiger charge is 2.45. The molecule has 0 saturated carbocycles. The first kappa shape index (κ1) is 20.2. The summed E-state index contributed by atoms with van der Waals surface area (Å²) in [5, 5.41) is 11.1. The van der Waals surface area contributed by atoms with Gasteiger partial charge in [-0.05, 0) is 51.3 Å². The molecule has 142 valence electrons. The van der Waals surface area contributed by atoms with E-state index in [-0.39, 0.29) is 18.5 Å². The maximum atomic E-state index is 12.7. The summed E-state index contributed by atoms with van der Waals surface area (Å²) in [4.78, 5) is 0. The van der Waals surface area contributed by atoms with E-state index in [0.717, 1.165) is 6.42 Å². The average molecular weight is 371 g/mol. The lowest BCUT2D eigenvalue weighted by Gasteiger charge is -2.36. The molecular weight excluding hydrogens is 342 g/mol. The zero-order chi connectivity index (χ0) is 18.7. The molecule has 1 aliphatic heterocycles. The second-order valence-electron chi connectivity index (χ2n) is 6.88. The first-order valence-corrected chi connectivity index (χ1v) is 10.3. The van der Waals surface area contributed by atoms with E-state index in [1.54, 1.807) is 38.3 Å². The van der Waals surface area contributed by atoms with Gasteiger partial charge in [-0.3, -0.25) is 0 Å². The lowest BCUT2D eigenvalue weighted by Crippen LogP contribution is -2.49. The van der Waals surface area contributed by atoms with Crippen molar-refractivity contribution in [2.45, 2.75) is 51.4 Å². The van der Waals surface area contributed by atoms with Crippen molar-refractivity contribution in [3.8, 4) is 5.75 Å². The predicted octanol–water partition coefficient (Wildman–Crippen LogP) is 2.12. The molecule has 1 N–H and O–H groups in total. The molecule has 0 spiro atoms. The Morgan fingerprint density at radius 1 is 1.32 bits per heavy atom. The van der Waals surface area contributed by atoms with Gasteiger partial charge < -0.3 is 14.6 Å². The number of sulfonamides is 1. The Hall–Kier alpha value is -1.15. The quantitative estimate of drug-likeness (QED) is 0.757. The highest BCUT2D eigenvalue weighted by molar-refractivity contribution is 7.89. The molecule has 1 saturated heterocycles. The standard InChI is InChI=1S/C18H29NO5S/c1-14(2)24-12-13-25(21,22)19-11-5-6-17(19)18(3,20)15-7-9-16(23-4)10-8-15/h7-10,14,17,20H,5-6,11-13H2,1-4H3/t17-,18-/m0/s1. The van der Waals surface area contributed by atoms with E-state index >= 15 is 0 Å². The summed E-state index contributed by atoms with van der Waals surface area (Å²) in [6.45, 7) is 6.02. The Morgan fingerprint density at radius 2 is 1.96 bits per heavy atom. The van der Waals surface area contributed by atoms with Gasteiger partial charge in [0.25, 0.3) is 0 Å². The highest BCUT2D eigenvalue weighted by Crippen LogP contribution is 2.36. The van der Waals surface area contributed by atoms with E-state index in [0.29, 0.717) is 24.3 Å². The molecule has 1 heterocycles. The third-order valence-corrected chi connectivity index (χ3v) is 6.51. The molecule has 0 amide bonds. The smallest absolute Gasteiger partial charge is 0.216 e. The van der Waals surface area contributed by atoms with Gasteiger partial charge in [0.05, 0.1) is 31.6 Å². The van der Waals surface area contributed by atoms with Crippen LogP contribution in [0.25, 0.3) is 0 Å². The van der Waals surface area contributed by atoms with Gasteiger partial charge in [-0.15, -0.1) is 0 Å². The molecule has 1 aromatic carbocycles. The molecule has 0 aliphatic carbocycles. The minimum absolute atomic E-state index is 0.00742. The van der Waals surface area contributed by atoms with Crippen molar-refractivity contribution in [1.82, 2.24) is 4.31 Å². The Bertz CT molecular complexity index is 655.